The van der Waals surface area contributed by atoms with Gasteiger partial charge in [-0.1, -0.05) is 11.3 Å². The highest BCUT2D eigenvalue weighted by Gasteiger charge is 2.18. The van der Waals surface area contributed by atoms with Gasteiger partial charge in [-0.3, -0.25) is 0 Å². The van der Waals surface area contributed by atoms with Gasteiger partial charge in [-0.2, -0.15) is 0 Å². The Morgan fingerprint density at radius 3 is 1.92 bits per heavy atom. The molecule has 0 amide bonds. The molecule has 0 aliphatic carbocycles. The molecule has 0 aliphatic heterocycles. The van der Waals surface area contributed by atoms with E-state index in [1.165, 1.54) is 11.3 Å². The molecule has 1 aromatic heterocycles. The zero-order valence-electron chi connectivity index (χ0n) is 6.77. The van der Waals surface area contributed by atoms with Crippen LogP contribution in [0, 0.1) is 0 Å². The summed E-state index contributed by atoms with van der Waals surface area (Å²) in [5, 5.41) is 8.69. The minimum Gasteiger partial charge on any atom is -0.374 e. The molecule has 12 heavy (non-hydrogen) atoms. The van der Waals surface area contributed by atoms with E-state index in [2.05, 4.69) is 10.2 Å². The minimum atomic E-state index is -0.421. The lowest BCUT2D eigenvalue weighted by Crippen LogP contribution is -2.28. The molecule has 4 nitrogen and oxygen atoms in total. The van der Waals surface area contributed by atoms with Gasteiger partial charge < -0.3 is 11.5 Å². The second-order valence-corrected chi connectivity index (χ2v) is 3.68. The zero-order valence-corrected chi connectivity index (χ0v) is 9.22. The largest absolute Gasteiger partial charge is 0.374 e. The molecule has 1 aromatic rings. The van der Waals surface area contributed by atoms with Gasteiger partial charge in [0.15, 0.2) is 0 Å². The van der Waals surface area contributed by atoms with E-state index < -0.39 is 5.54 Å². The molecular weight excluding hydrogens is 219 g/mol. The molecule has 0 bridgehead atoms. The van der Waals surface area contributed by atoms with E-state index in [1.54, 1.807) is 0 Å². The molecule has 0 radical (unpaired) electrons. The minimum absolute atomic E-state index is 0. The molecule has 0 unspecified atom stereocenters. The van der Waals surface area contributed by atoms with Gasteiger partial charge in [0, 0.05) is 0 Å². The number of nitrogens with two attached hydrogens (primary N) is 2. The lowest BCUT2D eigenvalue weighted by atomic mass is 10.1. The Morgan fingerprint density at radius 2 is 1.75 bits per heavy atom. The fraction of sp³-hybridized carbons (Fsp3) is 0.600. The number of hydrogen-bond acceptors (Lipinski definition) is 5. The summed E-state index contributed by atoms with van der Waals surface area (Å²) in [6, 6.07) is 0. The van der Waals surface area contributed by atoms with E-state index in [4.69, 9.17) is 11.5 Å². The summed E-state index contributed by atoms with van der Waals surface area (Å²) >= 11 is 1.33. The van der Waals surface area contributed by atoms with Gasteiger partial charge >= 0.3 is 0 Å². The molecule has 0 spiro atoms. The Bertz CT molecular complexity index is 232. The van der Waals surface area contributed by atoms with Crippen LogP contribution in [0.4, 0.5) is 5.13 Å². The van der Waals surface area contributed by atoms with Crippen molar-refractivity contribution in [2.45, 2.75) is 19.4 Å². The van der Waals surface area contributed by atoms with Crippen molar-refractivity contribution < 1.29 is 0 Å². The highest BCUT2D eigenvalue weighted by Crippen LogP contribution is 2.21. The predicted molar refractivity (Wildman–Crippen MR) is 56.0 cm³/mol. The molecule has 4 N–H and O–H groups in total. The second-order valence-electron chi connectivity index (χ2n) is 2.67. The fourth-order valence-electron chi connectivity index (χ4n) is 0.495. The summed E-state index contributed by atoms with van der Waals surface area (Å²) in [7, 11) is 0. The summed E-state index contributed by atoms with van der Waals surface area (Å²) < 4.78 is 0. The normalized spacial score (nSPS) is 9.92. The standard InChI is InChI=1S/C5H10N4S.2ClH/c1-5(2,7)3-8-9-4(6)10-3;;/h7H2,1-2H3,(H2,6,9);2*1H. The number of nitrogens with zero attached hydrogens (tertiary/aromatic N) is 2. The van der Waals surface area contributed by atoms with Gasteiger partial charge in [0.2, 0.25) is 5.13 Å². The van der Waals surface area contributed by atoms with Gasteiger partial charge in [0.05, 0.1) is 5.54 Å². The highest BCUT2D eigenvalue weighted by molar-refractivity contribution is 7.15. The van der Waals surface area contributed by atoms with Crippen LogP contribution in [0.5, 0.6) is 0 Å². The van der Waals surface area contributed by atoms with Crippen molar-refractivity contribution in [1.82, 2.24) is 10.2 Å². The van der Waals surface area contributed by atoms with E-state index in [9.17, 15) is 0 Å². The smallest absolute Gasteiger partial charge is 0.203 e. The third kappa shape index (κ3) is 3.53. The number of rotatable bonds is 1. The molecule has 0 atom stereocenters. The van der Waals surface area contributed by atoms with Crippen molar-refractivity contribution in [1.29, 1.82) is 0 Å². The Hall–Kier alpha value is -0.100. The Balaban J connectivity index is 0. The topological polar surface area (TPSA) is 77.8 Å². The van der Waals surface area contributed by atoms with Crippen molar-refractivity contribution in [3.05, 3.63) is 5.01 Å². The van der Waals surface area contributed by atoms with Gasteiger partial charge in [-0.25, -0.2) is 0 Å². The highest BCUT2D eigenvalue weighted by atomic mass is 35.5. The molecule has 0 saturated carbocycles. The van der Waals surface area contributed by atoms with E-state index in [0.717, 1.165) is 5.01 Å². The first-order valence-corrected chi connectivity index (χ1v) is 3.70. The maximum Gasteiger partial charge on any atom is 0.203 e. The maximum absolute atomic E-state index is 5.72. The number of hydrogen-bond donors (Lipinski definition) is 2. The summed E-state index contributed by atoms with van der Waals surface area (Å²) in [6.07, 6.45) is 0. The lowest BCUT2D eigenvalue weighted by molar-refractivity contribution is 0.544. The molecule has 0 aromatic carbocycles. The average molecular weight is 231 g/mol. The molecular formula is C5H12Cl2N4S. The summed E-state index contributed by atoms with van der Waals surface area (Å²) in [6.45, 7) is 3.74. The van der Waals surface area contributed by atoms with Crippen LogP contribution in [0.3, 0.4) is 0 Å². The zero-order chi connectivity index (χ0) is 7.78. The van der Waals surface area contributed by atoms with Crippen molar-refractivity contribution in [2.75, 3.05) is 5.73 Å². The Labute approximate surface area is 87.6 Å². The Morgan fingerprint density at radius 1 is 1.25 bits per heavy atom. The predicted octanol–water partition coefficient (Wildman–Crippen LogP) is 1.16. The third-order valence-corrected chi connectivity index (χ3v) is 2.08. The Kier molecular flexibility index (Phi) is 5.78. The van der Waals surface area contributed by atoms with Crippen LogP contribution in [-0.4, -0.2) is 10.2 Å². The van der Waals surface area contributed by atoms with Gasteiger partial charge in [0.1, 0.15) is 5.01 Å². The monoisotopic (exact) mass is 230 g/mol. The molecule has 0 saturated heterocycles. The van der Waals surface area contributed by atoms with Crippen LogP contribution in [0.1, 0.15) is 18.9 Å². The van der Waals surface area contributed by atoms with Crippen molar-refractivity contribution in [2.24, 2.45) is 5.73 Å². The second kappa shape index (κ2) is 4.81. The molecule has 1 rings (SSSR count). The third-order valence-electron chi connectivity index (χ3n) is 0.992. The van der Waals surface area contributed by atoms with Crippen molar-refractivity contribution >= 4 is 41.3 Å². The number of halogens is 2. The van der Waals surface area contributed by atoms with Crippen LogP contribution in [-0.2, 0) is 5.54 Å². The SMILES string of the molecule is CC(C)(N)c1nnc(N)s1.Cl.Cl. The first kappa shape index (κ1) is 14.4. The quantitative estimate of drug-likeness (QED) is 0.760. The van der Waals surface area contributed by atoms with E-state index >= 15 is 0 Å². The summed E-state index contributed by atoms with van der Waals surface area (Å²) in [5.41, 5.74) is 10.7. The molecule has 7 heteroatoms. The molecule has 1 heterocycles. The number of anilines is 1. The van der Waals surface area contributed by atoms with Crippen molar-refractivity contribution in [3.63, 3.8) is 0 Å². The van der Waals surface area contributed by atoms with Crippen LogP contribution >= 0.6 is 36.2 Å². The van der Waals surface area contributed by atoms with Crippen LogP contribution < -0.4 is 11.5 Å². The van der Waals surface area contributed by atoms with Crippen LogP contribution in [0.25, 0.3) is 0 Å². The van der Waals surface area contributed by atoms with Crippen molar-refractivity contribution in [3.8, 4) is 0 Å². The molecule has 0 fully saturated rings. The summed E-state index contributed by atoms with van der Waals surface area (Å²) in [5.74, 6) is 0. The van der Waals surface area contributed by atoms with Gasteiger partial charge in [-0.05, 0) is 13.8 Å². The molecule has 72 valence electrons. The summed E-state index contributed by atoms with van der Waals surface area (Å²) in [4.78, 5) is 0. The molecule has 0 aliphatic rings. The number of aromatic nitrogens is 2. The van der Waals surface area contributed by atoms with Gasteiger partial charge in [-0.15, -0.1) is 35.0 Å². The van der Waals surface area contributed by atoms with E-state index in [-0.39, 0.29) is 24.8 Å². The van der Waals surface area contributed by atoms with Gasteiger partial charge in [0.25, 0.3) is 0 Å². The maximum atomic E-state index is 5.72. The van der Waals surface area contributed by atoms with Crippen LogP contribution in [0.15, 0.2) is 0 Å². The lowest BCUT2D eigenvalue weighted by Gasteiger charge is -2.12. The first-order chi connectivity index (χ1) is 4.50. The fourth-order valence-corrected chi connectivity index (χ4v) is 1.12. The van der Waals surface area contributed by atoms with E-state index in [1.807, 2.05) is 13.8 Å². The van der Waals surface area contributed by atoms with E-state index in [0.29, 0.717) is 5.13 Å². The average Bonchev–Trinajstić information content (AvgIpc) is 2.11. The first-order valence-electron chi connectivity index (χ1n) is 2.88. The number of nitrogen functional groups attached to an aromatic ring is 1. The van der Waals surface area contributed by atoms with Crippen LogP contribution in [0.2, 0.25) is 0 Å².